The van der Waals surface area contributed by atoms with Gasteiger partial charge in [-0.1, -0.05) is 135 Å². The second-order valence-corrected chi connectivity index (χ2v) is 15.2. The van der Waals surface area contributed by atoms with Crippen molar-refractivity contribution in [2.24, 2.45) is 0 Å². The molecule has 9 aromatic rings. The average Bonchev–Trinajstić information content (AvgIpc) is 3.57. The van der Waals surface area contributed by atoms with E-state index in [1.165, 1.54) is 70.3 Å². The van der Waals surface area contributed by atoms with E-state index in [1.807, 2.05) is 11.3 Å². The number of hydrogen-bond donors (Lipinski definition) is 0. The van der Waals surface area contributed by atoms with Gasteiger partial charge in [-0.2, -0.15) is 0 Å². The Morgan fingerprint density at radius 2 is 1.10 bits per heavy atom. The van der Waals surface area contributed by atoms with Crippen molar-refractivity contribution >= 4 is 76.4 Å². The molecule has 0 fully saturated rings. The van der Waals surface area contributed by atoms with Crippen LogP contribution < -0.4 is 9.80 Å². The molecule has 0 saturated carbocycles. The van der Waals surface area contributed by atoms with Gasteiger partial charge in [0.2, 0.25) is 0 Å². The third-order valence-corrected chi connectivity index (χ3v) is 12.0. The molecule has 0 spiro atoms. The number of benzene rings is 8. The van der Waals surface area contributed by atoms with Crippen molar-refractivity contribution in [3.63, 3.8) is 0 Å². The first-order chi connectivity index (χ1) is 25.6. The number of fused-ring (bicyclic) bond motifs is 6. The Hall–Kier alpha value is -6.16. The van der Waals surface area contributed by atoms with Gasteiger partial charge in [0, 0.05) is 53.6 Å². The van der Waals surface area contributed by atoms with Gasteiger partial charge in [0.15, 0.2) is 0 Å². The highest BCUT2D eigenvalue weighted by Gasteiger charge is 2.36. The Balaban J connectivity index is 1.17. The zero-order valence-corrected chi connectivity index (χ0v) is 29.9. The van der Waals surface area contributed by atoms with Crippen molar-refractivity contribution in [3.05, 3.63) is 193 Å². The van der Waals surface area contributed by atoms with E-state index in [4.69, 9.17) is 0 Å². The molecule has 52 heavy (non-hydrogen) atoms. The van der Waals surface area contributed by atoms with Crippen molar-refractivity contribution in [2.75, 3.05) is 9.80 Å². The lowest BCUT2D eigenvalue weighted by molar-refractivity contribution is 0.632. The second kappa shape index (κ2) is 12.0. The highest BCUT2D eigenvalue weighted by Crippen LogP contribution is 2.53. The van der Waals surface area contributed by atoms with Gasteiger partial charge in [-0.05, 0) is 82.7 Å². The van der Waals surface area contributed by atoms with Gasteiger partial charge < -0.3 is 9.80 Å². The van der Waals surface area contributed by atoms with E-state index in [0.29, 0.717) is 0 Å². The fourth-order valence-corrected chi connectivity index (χ4v) is 9.52. The number of rotatable bonds is 5. The lowest BCUT2D eigenvalue weighted by atomic mass is 9.73. The largest absolute Gasteiger partial charge is 0.310 e. The maximum absolute atomic E-state index is 2.48. The van der Waals surface area contributed by atoms with E-state index < -0.39 is 0 Å². The molecule has 10 rings (SSSR count). The molecule has 2 nitrogen and oxygen atoms in total. The monoisotopic (exact) mass is 684 g/mol. The number of para-hydroxylation sites is 3. The van der Waals surface area contributed by atoms with Crippen molar-refractivity contribution in [2.45, 2.75) is 19.3 Å². The van der Waals surface area contributed by atoms with Gasteiger partial charge in [-0.15, -0.1) is 11.3 Å². The van der Waals surface area contributed by atoms with E-state index in [2.05, 4.69) is 206 Å². The first-order valence-electron chi connectivity index (χ1n) is 17.9. The van der Waals surface area contributed by atoms with Crippen LogP contribution in [0.3, 0.4) is 0 Å². The van der Waals surface area contributed by atoms with Crippen LogP contribution in [-0.4, -0.2) is 0 Å². The third kappa shape index (κ3) is 4.77. The number of thiophene rings is 1. The molecule has 0 N–H and O–H groups in total. The summed E-state index contributed by atoms with van der Waals surface area (Å²) in [5, 5.41) is 5.04. The van der Waals surface area contributed by atoms with Crippen LogP contribution in [0.5, 0.6) is 0 Å². The minimum Gasteiger partial charge on any atom is -0.310 e. The second-order valence-electron chi connectivity index (χ2n) is 14.2. The minimum absolute atomic E-state index is 0.115. The molecule has 0 atom stereocenters. The van der Waals surface area contributed by atoms with Crippen molar-refractivity contribution < 1.29 is 0 Å². The van der Waals surface area contributed by atoms with E-state index in [-0.39, 0.29) is 5.41 Å². The fourth-order valence-electron chi connectivity index (χ4n) is 8.30. The van der Waals surface area contributed by atoms with E-state index >= 15 is 0 Å². The number of hydrogen-bond acceptors (Lipinski definition) is 3. The van der Waals surface area contributed by atoms with E-state index in [9.17, 15) is 0 Å². The van der Waals surface area contributed by atoms with Crippen LogP contribution >= 0.6 is 11.3 Å². The lowest BCUT2D eigenvalue weighted by Gasteiger charge is -2.42. The van der Waals surface area contributed by atoms with Crippen LogP contribution in [-0.2, 0) is 5.41 Å². The summed E-state index contributed by atoms with van der Waals surface area (Å²) in [5.74, 6) is 0. The topological polar surface area (TPSA) is 6.48 Å². The van der Waals surface area contributed by atoms with Crippen LogP contribution in [0.2, 0.25) is 0 Å². The van der Waals surface area contributed by atoms with Crippen LogP contribution in [0.1, 0.15) is 25.0 Å². The van der Waals surface area contributed by atoms with Crippen LogP contribution in [0.4, 0.5) is 34.1 Å². The highest BCUT2D eigenvalue weighted by atomic mass is 32.1. The summed E-state index contributed by atoms with van der Waals surface area (Å²) in [6.45, 7) is 4.70. The quantitative estimate of drug-likeness (QED) is 0.178. The summed E-state index contributed by atoms with van der Waals surface area (Å²) in [4.78, 5) is 4.86. The molecule has 0 saturated heterocycles. The van der Waals surface area contributed by atoms with Crippen LogP contribution in [0.25, 0.3) is 42.1 Å². The summed E-state index contributed by atoms with van der Waals surface area (Å²) in [7, 11) is 0. The van der Waals surface area contributed by atoms with E-state index in [1.54, 1.807) is 0 Å². The molecule has 3 heteroatoms. The molecular weight excluding hydrogens is 649 g/mol. The van der Waals surface area contributed by atoms with Gasteiger partial charge >= 0.3 is 0 Å². The van der Waals surface area contributed by atoms with Gasteiger partial charge in [0.05, 0.1) is 17.1 Å². The Kier molecular flexibility index (Phi) is 7.06. The Labute approximate surface area is 308 Å². The summed E-state index contributed by atoms with van der Waals surface area (Å²) in [6, 6.07) is 66.6. The van der Waals surface area contributed by atoms with Gasteiger partial charge in [-0.25, -0.2) is 0 Å². The molecule has 0 radical (unpaired) electrons. The van der Waals surface area contributed by atoms with Crippen LogP contribution in [0.15, 0.2) is 182 Å². The van der Waals surface area contributed by atoms with Crippen molar-refractivity contribution in [1.29, 1.82) is 0 Å². The summed E-state index contributed by atoms with van der Waals surface area (Å²) in [6.07, 6.45) is 0. The SMILES string of the molecule is CC1(C)c2ccccc2N(c2cc(-c3ccc(N(c4ccccc4)c4cccc5ccccc45)cc3)c3sc4ccccc4c3c2)c2ccccc21. The molecule has 1 aromatic heterocycles. The predicted molar refractivity (Wildman–Crippen MR) is 224 cm³/mol. The molecule has 2 heterocycles. The van der Waals surface area contributed by atoms with Gasteiger partial charge in [-0.3, -0.25) is 0 Å². The maximum Gasteiger partial charge on any atom is 0.0540 e. The maximum atomic E-state index is 2.48. The first kappa shape index (κ1) is 30.6. The molecule has 0 aliphatic carbocycles. The van der Waals surface area contributed by atoms with E-state index in [0.717, 1.165) is 17.1 Å². The molecule has 248 valence electrons. The molecular formula is C49H36N2S. The number of nitrogens with zero attached hydrogens (tertiary/aromatic N) is 2. The molecule has 8 aromatic carbocycles. The lowest BCUT2D eigenvalue weighted by Crippen LogP contribution is -2.30. The Morgan fingerprint density at radius 1 is 0.500 bits per heavy atom. The minimum atomic E-state index is -0.115. The third-order valence-electron chi connectivity index (χ3n) is 10.8. The van der Waals surface area contributed by atoms with Crippen molar-refractivity contribution in [1.82, 2.24) is 0 Å². The normalized spacial score (nSPS) is 13.3. The Bertz CT molecular complexity index is 2720. The molecule has 0 bridgehead atoms. The summed E-state index contributed by atoms with van der Waals surface area (Å²) in [5.41, 5.74) is 12.1. The highest BCUT2D eigenvalue weighted by molar-refractivity contribution is 7.26. The summed E-state index contributed by atoms with van der Waals surface area (Å²) >= 11 is 1.89. The van der Waals surface area contributed by atoms with Crippen LogP contribution in [0, 0.1) is 0 Å². The van der Waals surface area contributed by atoms with Crippen molar-refractivity contribution in [3.8, 4) is 11.1 Å². The summed E-state index contributed by atoms with van der Waals surface area (Å²) < 4.78 is 2.62. The smallest absolute Gasteiger partial charge is 0.0540 e. The predicted octanol–water partition coefficient (Wildman–Crippen LogP) is 14.5. The number of anilines is 6. The molecule has 1 aliphatic heterocycles. The van der Waals surface area contributed by atoms with Gasteiger partial charge in [0.25, 0.3) is 0 Å². The molecule has 0 unspecified atom stereocenters. The first-order valence-corrected chi connectivity index (χ1v) is 18.8. The standard InChI is InChI=1S/C49H36N2S/c1-49(2)42-21-9-11-23-45(42)51(46-24-12-10-22-43(46)49)37-31-40(48-41(32-37)39-20-8-13-26-47(39)52-48)34-27-29-36(30-28-34)50(35-17-4-3-5-18-35)44-25-14-16-33-15-6-7-19-38(33)44/h3-32H,1-2H3. The zero-order valence-electron chi connectivity index (χ0n) is 29.1. The average molecular weight is 685 g/mol. The zero-order chi connectivity index (χ0) is 34.8. The molecule has 0 amide bonds. The Morgan fingerprint density at radius 3 is 1.85 bits per heavy atom. The molecule has 1 aliphatic rings. The fraction of sp³-hybridized carbons (Fsp3) is 0.0612. The van der Waals surface area contributed by atoms with Gasteiger partial charge in [0.1, 0.15) is 0 Å².